The molecule has 0 unspecified atom stereocenters. The molecule has 3 aromatic rings. The van der Waals surface area contributed by atoms with E-state index in [2.05, 4.69) is 10.3 Å². The summed E-state index contributed by atoms with van der Waals surface area (Å²) in [5.74, 6) is -0.644. The van der Waals surface area contributed by atoms with Gasteiger partial charge in [-0.05, 0) is 47.7 Å². The van der Waals surface area contributed by atoms with Crippen LogP contribution in [0.15, 0.2) is 64.9 Å². The molecular formula is C23H18FN3O4S2. The van der Waals surface area contributed by atoms with Crippen LogP contribution in [0.4, 0.5) is 9.18 Å². The SMILES string of the molecule is O=C(NCCN1C(=O)S/C(=C\c2ccccc2)C1=O)c1csc(COc2ccc(F)cc2)n1. The molecule has 1 aromatic heterocycles. The fourth-order valence-electron chi connectivity index (χ4n) is 2.92. The molecule has 1 N–H and O–H groups in total. The minimum atomic E-state index is -0.411. The zero-order valence-corrected chi connectivity index (χ0v) is 18.8. The van der Waals surface area contributed by atoms with Crippen molar-refractivity contribution in [2.45, 2.75) is 6.61 Å². The smallest absolute Gasteiger partial charge is 0.293 e. The minimum Gasteiger partial charge on any atom is -0.486 e. The van der Waals surface area contributed by atoms with Crippen molar-refractivity contribution in [2.24, 2.45) is 0 Å². The highest BCUT2D eigenvalue weighted by Crippen LogP contribution is 2.31. The molecule has 1 aliphatic rings. The van der Waals surface area contributed by atoms with Crippen molar-refractivity contribution in [1.82, 2.24) is 15.2 Å². The molecule has 1 fully saturated rings. The molecule has 1 aliphatic heterocycles. The van der Waals surface area contributed by atoms with Crippen LogP contribution >= 0.6 is 23.1 Å². The molecular weight excluding hydrogens is 465 g/mol. The van der Waals surface area contributed by atoms with Crippen LogP contribution < -0.4 is 10.1 Å². The van der Waals surface area contributed by atoms with Gasteiger partial charge in [-0.25, -0.2) is 9.37 Å². The van der Waals surface area contributed by atoms with Crippen molar-refractivity contribution in [3.8, 4) is 5.75 Å². The average molecular weight is 484 g/mol. The van der Waals surface area contributed by atoms with Gasteiger partial charge in [0.05, 0.1) is 4.91 Å². The van der Waals surface area contributed by atoms with Gasteiger partial charge in [-0.2, -0.15) is 0 Å². The molecule has 0 atom stereocenters. The standard InChI is InChI=1S/C23H18FN3O4S2/c24-16-6-8-17(9-7-16)31-13-20-26-18(14-32-20)21(28)25-10-11-27-22(29)19(33-23(27)30)12-15-4-2-1-3-5-15/h1-9,12,14H,10-11,13H2,(H,25,28)/b19-12-. The van der Waals surface area contributed by atoms with E-state index in [0.717, 1.165) is 22.2 Å². The normalized spacial score (nSPS) is 14.7. The van der Waals surface area contributed by atoms with Gasteiger partial charge in [0.2, 0.25) is 0 Å². The molecule has 7 nitrogen and oxygen atoms in total. The zero-order valence-electron chi connectivity index (χ0n) is 17.2. The van der Waals surface area contributed by atoms with E-state index in [-0.39, 0.29) is 42.4 Å². The molecule has 0 bridgehead atoms. The van der Waals surface area contributed by atoms with Crippen molar-refractivity contribution in [1.29, 1.82) is 0 Å². The third kappa shape index (κ3) is 5.85. The summed E-state index contributed by atoms with van der Waals surface area (Å²) in [6.07, 6.45) is 1.67. The van der Waals surface area contributed by atoms with Crippen LogP contribution in [-0.4, -0.2) is 40.0 Å². The Labute approximate surface area is 197 Å². The maximum absolute atomic E-state index is 12.9. The number of amides is 3. The molecule has 168 valence electrons. The monoisotopic (exact) mass is 483 g/mol. The van der Waals surface area contributed by atoms with Gasteiger partial charge in [-0.3, -0.25) is 19.3 Å². The van der Waals surface area contributed by atoms with Crippen LogP contribution in [0.5, 0.6) is 5.75 Å². The van der Waals surface area contributed by atoms with Crippen LogP contribution in [0, 0.1) is 5.82 Å². The van der Waals surface area contributed by atoms with Gasteiger partial charge in [0.1, 0.15) is 28.9 Å². The van der Waals surface area contributed by atoms with E-state index < -0.39 is 5.91 Å². The molecule has 3 amide bonds. The third-order valence-corrected chi connectivity index (χ3v) is 6.28. The van der Waals surface area contributed by atoms with Crippen molar-refractivity contribution in [3.05, 3.63) is 87.0 Å². The highest BCUT2D eigenvalue weighted by Gasteiger charge is 2.34. The number of hydrogen-bond acceptors (Lipinski definition) is 7. The summed E-state index contributed by atoms with van der Waals surface area (Å²) in [5, 5.41) is 4.49. The lowest BCUT2D eigenvalue weighted by molar-refractivity contribution is -0.122. The lowest BCUT2D eigenvalue weighted by Gasteiger charge is -2.12. The maximum atomic E-state index is 12.9. The van der Waals surface area contributed by atoms with E-state index in [1.54, 1.807) is 11.5 Å². The quantitative estimate of drug-likeness (QED) is 0.480. The average Bonchev–Trinajstić information content (AvgIpc) is 3.40. The molecule has 10 heteroatoms. The molecule has 0 radical (unpaired) electrons. The second-order valence-corrected chi connectivity index (χ2v) is 8.80. The van der Waals surface area contributed by atoms with Crippen molar-refractivity contribution >= 4 is 46.2 Å². The first kappa shape index (κ1) is 22.7. The van der Waals surface area contributed by atoms with Gasteiger partial charge in [0.15, 0.2) is 0 Å². The number of nitrogens with one attached hydrogen (secondary N) is 1. The number of nitrogens with zero attached hydrogens (tertiary/aromatic N) is 2. The highest BCUT2D eigenvalue weighted by molar-refractivity contribution is 8.18. The molecule has 0 aliphatic carbocycles. The number of thioether (sulfide) groups is 1. The van der Waals surface area contributed by atoms with Gasteiger partial charge in [-0.15, -0.1) is 11.3 Å². The number of ether oxygens (including phenoxy) is 1. The van der Waals surface area contributed by atoms with Crippen LogP contribution in [0.25, 0.3) is 6.08 Å². The topological polar surface area (TPSA) is 88.6 Å². The Balaban J connectivity index is 1.26. The van der Waals surface area contributed by atoms with Crippen molar-refractivity contribution in [2.75, 3.05) is 13.1 Å². The fourth-order valence-corrected chi connectivity index (χ4v) is 4.47. The number of rotatable bonds is 8. The summed E-state index contributed by atoms with van der Waals surface area (Å²) < 4.78 is 18.5. The number of halogens is 1. The lowest BCUT2D eigenvalue weighted by atomic mass is 10.2. The number of carbonyl (C=O) groups is 3. The summed E-state index contributed by atoms with van der Waals surface area (Å²) in [6, 6.07) is 14.9. The van der Waals surface area contributed by atoms with Crippen LogP contribution in [0.3, 0.4) is 0 Å². The molecule has 0 saturated carbocycles. The summed E-state index contributed by atoms with van der Waals surface area (Å²) in [5.41, 5.74) is 1.05. The fraction of sp³-hybridized carbons (Fsp3) is 0.130. The van der Waals surface area contributed by atoms with Crippen molar-refractivity contribution < 1.29 is 23.5 Å². The Bertz CT molecular complexity index is 1200. The van der Waals surface area contributed by atoms with Crippen LogP contribution in [0.1, 0.15) is 21.1 Å². The van der Waals surface area contributed by atoms with Gasteiger partial charge < -0.3 is 10.1 Å². The lowest BCUT2D eigenvalue weighted by Crippen LogP contribution is -2.37. The Morgan fingerprint density at radius 3 is 2.64 bits per heavy atom. The van der Waals surface area contributed by atoms with E-state index in [9.17, 15) is 18.8 Å². The first-order valence-corrected chi connectivity index (χ1v) is 11.6. The highest BCUT2D eigenvalue weighted by atomic mass is 32.2. The van der Waals surface area contributed by atoms with E-state index in [4.69, 9.17) is 4.74 Å². The van der Waals surface area contributed by atoms with Gasteiger partial charge >= 0.3 is 0 Å². The number of imide groups is 1. The Morgan fingerprint density at radius 2 is 1.88 bits per heavy atom. The predicted octanol–water partition coefficient (Wildman–Crippen LogP) is 4.33. The number of hydrogen-bond donors (Lipinski definition) is 1. The summed E-state index contributed by atoms with van der Waals surface area (Å²) in [6.45, 7) is 0.315. The maximum Gasteiger partial charge on any atom is 0.293 e. The molecule has 2 heterocycles. The van der Waals surface area contributed by atoms with Crippen molar-refractivity contribution in [3.63, 3.8) is 0 Å². The van der Waals surface area contributed by atoms with E-state index in [1.165, 1.54) is 35.6 Å². The molecule has 1 saturated heterocycles. The van der Waals surface area contributed by atoms with Gasteiger partial charge in [-0.1, -0.05) is 30.3 Å². The number of carbonyl (C=O) groups excluding carboxylic acids is 3. The Morgan fingerprint density at radius 1 is 1.12 bits per heavy atom. The minimum absolute atomic E-state index is 0.0627. The molecule has 2 aromatic carbocycles. The largest absolute Gasteiger partial charge is 0.486 e. The number of benzene rings is 2. The first-order chi connectivity index (χ1) is 16.0. The molecule has 33 heavy (non-hydrogen) atoms. The second-order valence-electron chi connectivity index (χ2n) is 6.87. The summed E-state index contributed by atoms with van der Waals surface area (Å²) >= 11 is 2.14. The first-order valence-electron chi connectivity index (χ1n) is 9.91. The third-order valence-electron chi connectivity index (χ3n) is 4.55. The number of aromatic nitrogens is 1. The number of thiazole rings is 1. The Hall–Kier alpha value is -3.50. The van der Waals surface area contributed by atoms with Crippen LogP contribution in [-0.2, 0) is 11.4 Å². The van der Waals surface area contributed by atoms with Gasteiger partial charge in [0.25, 0.3) is 17.1 Å². The predicted molar refractivity (Wildman–Crippen MR) is 124 cm³/mol. The van der Waals surface area contributed by atoms with E-state index in [1.807, 2.05) is 30.3 Å². The van der Waals surface area contributed by atoms with E-state index >= 15 is 0 Å². The summed E-state index contributed by atoms with van der Waals surface area (Å²) in [7, 11) is 0. The summed E-state index contributed by atoms with van der Waals surface area (Å²) in [4.78, 5) is 42.8. The second kappa shape index (κ2) is 10.4. The molecule has 4 rings (SSSR count). The molecule has 0 spiro atoms. The van der Waals surface area contributed by atoms with Crippen LogP contribution in [0.2, 0.25) is 0 Å². The zero-order chi connectivity index (χ0) is 23.2. The van der Waals surface area contributed by atoms with E-state index in [0.29, 0.717) is 15.7 Å². The van der Waals surface area contributed by atoms with Gasteiger partial charge in [0, 0.05) is 18.5 Å². The Kier molecular flexibility index (Phi) is 7.16.